The Labute approximate surface area is 190 Å². The van der Waals surface area contributed by atoms with E-state index in [1.807, 2.05) is 24.3 Å². The lowest BCUT2D eigenvalue weighted by molar-refractivity contribution is -0.111. The highest BCUT2D eigenvalue weighted by Crippen LogP contribution is 2.40. The molecule has 1 N–H and O–H groups in total. The quantitative estimate of drug-likeness (QED) is 0.547. The summed E-state index contributed by atoms with van der Waals surface area (Å²) in [5, 5.41) is 3.72. The van der Waals surface area contributed by atoms with Crippen molar-refractivity contribution in [3.63, 3.8) is 0 Å². The van der Waals surface area contributed by atoms with Crippen molar-refractivity contribution in [1.29, 1.82) is 0 Å². The number of rotatable bonds is 5. The number of anilines is 3. The average Bonchev–Trinajstić information content (AvgIpc) is 3.31. The molecule has 1 saturated heterocycles. The van der Waals surface area contributed by atoms with Crippen molar-refractivity contribution < 1.29 is 9.18 Å². The van der Waals surface area contributed by atoms with Crippen LogP contribution < -0.4 is 10.2 Å². The van der Waals surface area contributed by atoms with Gasteiger partial charge in [0.15, 0.2) is 5.82 Å². The first kappa shape index (κ1) is 20.6. The van der Waals surface area contributed by atoms with Gasteiger partial charge in [0.2, 0.25) is 5.91 Å². The van der Waals surface area contributed by atoms with E-state index < -0.39 is 5.82 Å². The molecule has 0 spiro atoms. The van der Waals surface area contributed by atoms with Crippen LogP contribution >= 0.6 is 11.6 Å². The fraction of sp³-hybridized carbons (Fsp3) is 0.208. The SMILES string of the molecule is O=C(/C=C/CN1CCCC1)Nc1ccc2ncnc3c2c1C=CN3c1cccc(Cl)c1F. The largest absolute Gasteiger partial charge is 0.322 e. The molecule has 8 heteroatoms. The smallest absolute Gasteiger partial charge is 0.248 e. The first-order chi connectivity index (χ1) is 15.6. The van der Waals surface area contributed by atoms with E-state index in [2.05, 4.69) is 20.2 Å². The molecular weight excluding hydrogens is 429 g/mol. The van der Waals surface area contributed by atoms with Crippen LogP contribution in [0.15, 0.2) is 55.0 Å². The molecule has 0 aliphatic carbocycles. The number of benzene rings is 2. The summed E-state index contributed by atoms with van der Waals surface area (Å²) < 4.78 is 14.7. The highest BCUT2D eigenvalue weighted by molar-refractivity contribution is 6.31. The minimum Gasteiger partial charge on any atom is -0.322 e. The summed E-state index contributed by atoms with van der Waals surface area (Å²) in [5.74, 6) is -0.203. The lowest BCUT2D eigenvalue weighted by Crippen LogP contribution is -2.19. The van der Waals surface area contributed by atoms with Crippen molar-refractivity contribution in [3.8, 4) is 0 Å². The zero-order valence-corrected chi connectivity index (χ0v) is 18.0. The fourth-order valence-electron chi connectivity index (χ4n) is 4.17. The van der Waals surface area contributed by atoms with Crippen molar-refractivity contribution >= 4 is 51.7 Å². The van der Waals surface area contributed by atoms with Crippen molar-refractivity contribution in [2.24, 2.45) is 0 Å². The molecule has 1 aromatic heterocycles. The zero-order chi connectivity index (χ0) is 22.1. The normalized spacial score (nSPS) is 15.8. The number of amides is 1. The Bertz CT molecular complexity index is 1250. The van der Waals surface area contributed by atoms with E-state index in [1.165, 1.54) is 25.2 Å². The van der Waals surface area contributed by atoms with Gasteiger partial charge in [0.25, 0.3) is 0 Å². The van der Waals surface area contributed by atoms with Gasteiger partial charge in [-0.1, -0.05) is 23.7 Å². The van der Waals surface area contributed by atoms with Crippen LogP contribution in [0.25, 0.3) is 17.0 Å². The molecule has 3 aromatic rings. The molecule has 32 heavy (non-hydrogen) atoms. The zero-order valence-electron chi connectivity index (χ0n) is 17.3. The van der Waals surface area contributed by atoms with E-state index >= 15 is 0 Å². The lowest BCUT2D eigenvalue weighted by atomic mass is 10.0. The molecule has 0 radical (unpaired) electrons. The van der Waals surface area contributed by atoms with Gasteiger partial charge in [0, 0.05) is 30.1 Å². The number of hydrogen-bond donors (Lipinski definition) is 1. The second-order valence-electron chi connectivity index (χ2n) is 7.78. The van der Waals surface area contributed by atoms with Crippen molar-refractivity contribution in [1.82, 2.24) is 14.9 Å². The Morgan fingerprint density at radius 3 is 2.88 bits per heavy atom. The molecule has 3 heterocycles. The summed E-state index contributed by atoms with van der Waals surface area (Å²) in [4.78, 5) is 25.2. The number of halogens is 2. The van der Waals surface area contributed by atoms with Gasteiger partial charge in [-0.15, -0.1) is 0 Å². The van der Waals surface area contributed by atoms with Crippen molar-refractivity contribution in [3.05, 3.63) is 71.4 Å². The number of carbonyl (C=O) groups excluding carboxylic acids is 1. The molecule has 0 saturated carbocycles. The number of nitrogens with one attached hydrogen (secondary N) is 1. The minimum atomic E-state index is -0.526. The maximum absolute atomic E-state index is 14.7. The predicted octanol–water partition coefficient (Wildman–Crippen LogP) is 5.14. The molecule has 0 unspecified atom stereocenters. The molecule has 1 amide bonds. The Balaban J connectivity index is 1.46. The first-order valence-corrected chi connectivity index (χ1v) is 10.9. The summed E-state index contributed by atoms with van der Waals surface area (Å²) in [6.45, 7) is 2.94. The lowest BCUT2D eigenvalue weighted by Gasteiger charge is -2.26. The van der Waals surface area contributed by atoms with Crippen LogP contribution in [0.1, 0.15) is 18.4 Å². The molecule has 6 nitrogen and oxygen atoms in total. The first-order valence-electron chi connectivity index (χ1n) is 10.5. The molecule has 162 valence electrons. The molecule has 2 aliphatic heterocycles. The Kier molecular flexibility index (Phi) is 5.59. The summed E-state index contributed by atoms with van der Waals surface area (Å²) in [6.07, 6.45) is 10.9. The molecule has 0 bridgehead atoms. The van der Waals surface area contributed by atoms with Crippen molar-refractivity contribution in [2.75, 3.05) is 29.9 Å². The molecule has 2 aromatic carbocycles. The van der Waals surface area contributed by atoms with Crippen LogP contribution in [-0.4, -0.2) is 40.4 Å². The van der Waals surface area contributed by atoms with Crippen LogP contribution in [0, 0.1) is 5.82 Å². The molecule has 1 fully saturated rings. The van der Waals surface area contributed by atoms with Crippen LogP contribution in [0.5, 0.6) is 0 Å². The summed E-state index contributed by atoms with van der Waals surface area (Å²) in [5.41, 5.74) is 2.41. The number of hydrogen-bond acceptors (Lipinski definition) is 5. The van der Waals surface area contributed by atoms with Gasteiger partial charge in [-0.25, -0.2) is 14.4 Å². The fourth-order valence-corrected chi connectivity index (χ4v) is 4.34. The number of aromatic nitrogens is 2. The summed E-state index contributed by atoms with van der Waals surface area (Å²) in [7, 11) is 0. The molecule has 2 aliphatic rings. The van der Waals surface area contributed by atoms with E-state index in [0.29, 0.717) is 22.7 Å². The van der Waals surface area contributed by atoms with Gasteiger partial charge in [-0.05, 0) is 56.3 Å². The van der Waals surface area contributed by atoms with E-state index in [9.17, 15) is 9.18 Å². The van der Waals surface area contributed by atoms with Gasteiger partial charge < -0.3 is 5.32 Å². The molecular formula is C24H21ClFN5O. The summed E-state index contributed by atoms with van der Waals surface area (Å²) >= 11 is 5.99. The third-order valence-electron chi connectivity index (χ3n) is 5.72. The second kappa shape index (κ2) is 8.68. The highest BCUT2D eigenvalue weighted by atomic mass is 35.5. The van der Waals surface area contributed by atoms with Crippen LogP contribution in [0.2, 0.25) is 5.02 Å². The van der Waals surface area contributed by atoms with E-state index in [4.69, 9.17) is 11.6 Å². The van der Waals surface area contributed by atoms with E-state index in [-0.39, 0.29) is 10.9 Å². The summed E-state index contributed by atoms with van der Waals surface area (Å²) in [6, 6.07) is 8.47. The third kappa shape index (κ3) is 3.85. The van der Waals surface area contributed by atoms with Crippen LogP contribution in [0.3, 0.4) is 0 Å². The molecule has 0 atom stereocenters. The van der Waals surface area contributed by atoms with Gasteiger partial charge in [0.05, 0.1) is 21.6 Å². The van der Waals surface area contributed by atoms with Crippen molar-refractivity contribution in [2.45, 2.75) is 12.8 Å². The maximum Gasteiger partial charge on any atom is 0.248 e. The predicted molar refractivity (Wildman–Crippen MR) is 126 cm³/mol. The number of likely N-dealkylation sites (tertiary alicyclic amines) is 1. The van der Waals surface area contributed by atoms with Gasteiger partial charge >= 0.3 is 0 Å². The van der Waals surface area contributed by atoms with E-state index in [0.717, 1.165) is 30.6 Å². The van der Waals surface area contributed by atoms with Crippen LogP contribution in [0.4, 0.5) is 21.6 Å². The number of carbonyl (C=O) groups is 1. The Morgan fingerprint density at radius 2 is 2.03 bits per heavy atom. The molecule has 5 rings (SSSR count). The van der Waals surface area contributed by atoms with Crippen LogP contribution in [-0.2, 0) is 4.79 Å². The van der Waals surface area contributed by atoms with Gasteiger partial charge in [-0.3, -0.25) is 14.6 Å². The Hall–Kier alpha value is -3.29. The Morgan fingerprint density at radius 1 is 1.19 bits per heavy atom. The third-order valence-corrected chi connectivity index (χ3v) is 6.01. The van der Waals surface area contributed by atoms with E-state index in [1.54, 1.807) is 29.3 Å². The number of nitrogens with zero attached hydrogens (tertiary/aromatic N) is 4. The second-order valence-corrected chi connectivity index (χ2v) is 8.18. The monoisotopic (exact) mass is 449 g/mol. The maximum atomic E-state index is 14.7. The average molecular weight is 450 g/mol. The standard InChI is InChI=1S/C24H21ClFN5O/c25-17-5-3-6-20(23(17)26)31-14-10-16-18(8-9-19-22(16)24(31)28-15-27-19)29-21(32)7-4-13-30-11-1-2-12-30/h3-10,14-15H,1-2,11-13H2,(H,29,32)/b7-4+. The topological polar surface area (TPSA) is 61.4 Å². The van der Waals surface area contributed by atoms with Gasteiger partial charge in [-0.2, -0.15) is 0 Å². The highest BCUT2D eigenvalue weighted by Gasteiger charge is 2.23. The minimum absolute atomic E-state index is 0.0359. The van der Waals surface area contributed by atoms with Gasteiger partial charge in [0.1, 0.15) is 12.1 Å².